The largest absolute Gasteiger partial charge is 0.457 e. The minimum Gasteiger partial charge on any atom is -0.457 e. The zero-order valence-corrected chi connectivity index (χ0v) is 16.3. The molecule has 156 valence electrons. The molecule has 31 heavy (non-hydrogen) atoms. The number of rotatable bonds is 6. The van der Waals surface area contributed by atoms with Crippen molar-refractivity contribution < 1.29 is 23.5 Å². The topological polar surface area (TPSA) is 87.7 Å². The first-order valence-corrected chi connectivity index (χ1v) is 9.49. The fraction of sp³-hybridized carbons (Fsp3) is 0.0870. The Kier molecular flexibility index (Phi) is 5.61. The fourth-order valence-corrected chi connectivity index (χ4v) is 3.09. The van der Waals surface area contributed by atoms with Crippen molar-refractivity contribution in [3.05, 3.63) is 89.7 Å². The summed E-state index contributed by atoms with van der Waals surface area (Å²) in [6, 6.07) is 18.9. The van der Waals surface area contributed by atoms with Crippen LogP contribution in [0.25, 0.3) is 0 Å². The van der Waals surface area contributed by atoms with Gasteiger partial charge in [0.2, 0.25) is 5.91 Å². The SMILES string of the molecule is O=C1CN(Cc2cccc(C(=O)Nc3ccc(Oc4ccc(F)cc4)cc3)c2)C(=O)N1. The molecule has 2 N–H and O–H groups in total. The van der Waals surface area contributed by atoms with Gasteiger partial charge in [0.25, 0.3) is 5.91 Å². The Bertz CT molecular complexity index is 1130. The number of urea groups is 1. The minimum absolute atomic E-state index is 0.00159. The van der Waals surface area contributed by atoms with E-state index >= 15 is 0 Å². The average molecular weight is 419 g/mol. The van der Waals surface area contributed by atoms with Crippen LogP contribution in [0.5, 0.6) is 11.5 Å². The highest BCUT2D eigenvalue weighted by Gasteiger charge is 2.26. The number of ether oxygens (including phenoxy) is 1. The zero-order valence-electron chi connectivity index (χ0n) is 16.3. The van der Waals surface area contributed by atoms with Crippen LogP contribution in [0.2, 0.25) is 0 Å². The molecule has 0 unspecified atom stereocenters. The van der Waals surface area contributed by atoms with Gasteiger partial charge in [-0.3, -0.25) is 14.9 Å². The molecule has 0 atom stereocenters. The number of amides is 4. The molecule has 1 heterocycles. The summed E-state index contributed by atoms with van der Waals surface area (Å²) in [5.74, 6) is 0.0573. The van der Waals surface area contributed by atoms with E-state index in [1.807, 2.05) is 0 Å². The van der Waals surface area contributed by atoms with Crippen molar-refractivity contribution in [3.63, 3.8) is 0 Å². The van der Waals surface area contributed by atoms with Crippen LogP contribution in [0.1, 0.15) is 15.9 Å². The molecular weight excluding hydrogens is 401 g/mol. The van der Waals surface area contributed by atoms with Crippen LogP contribution in [-0.2, 0) is 11.3 Å². The van der Waals surface area contributed by atoms with Crippen LogP contribution in [0.3, 0.4) is 0 Å². The highest BCUT2D eigenvalue weighted by molar-refractivity contribution is 6.04. The molecule has 7 nitrogen and oxygen atoms in total. The van der Waals surface area contributed by atoms with E-state index < -0.39 is 6.03 Å². The Hall–Kier alpha value is -4.20. The van der Waals surface area contributed by atoms with Gasteiger partial charge in [0.1, 0.15) is 23.9 Å². The lowest BCUT2D eigenvalue weighted by Gasteiger charge is -2.14. The standard InChI is InChI=1S/C23H18FN3O4/c24-17-4-8-19(9-5-17)31-20-10-6-18(7-11-20)25-22(29)16-3-1-2-15(12-16)13-27-14-21(28)26-23(27)30/h1-12H,13-14H2,(H,25,29)(H,26,28,30). The first-order chi connectivity index (χ1) is 15.0. The summed E-state index contributed by atoms with van der Waals surface area (Å²) >= 11 is 0. The van der Waals surface area contributed by atoms with E-state index in [1.165, 1.54) is 29.2 Å². The van der Waals surface area contributed by atoms with Crippen molar-refractivity contribution in [1.82, 2.24) is 10.2 Å². The third-order valence-corrected chi connectivity index (χ3v) is 4.59. The first kappa shape index (κ1) is 20.1. The Morgan fingerprint density at radius 3 is 2.32 bits per heavy atom. The summed E-state index contributed by atoms with van der Waals surface area (Å²) in [6.45, 7) is 0.232. The van der Waals surface area contributed by atoms with Crippen molar-refractivity contribution in [3.8, 4) is 11.5 Å². The van der Waals surface area contributed by atoms with Crippen molar-refractivity contribution in [2.75, 3.05) is 11.9 Å². The molecule has 0 aliphatic carbocycles. The van der Waals surface area contributed by atoms with Crippen LogP contribution < -0.4 is 15.4 Å². The van der Waals surface area contributed by atoms with E-state index in [2.05, 4.69) is 10.6 Å². The van der Waals surface area contributed by atoms with Crippen LogP contribution in [0.4, 0.5) is 14.9 Å². The van der Waals surface area contributed by atoms with Crippen molar-refractivity contribution >= 4 is 23.5 Å². The Labute approximate surface area is 177 Å². The second kappa shape index (κ2) is 8.66. The fourth-order valence-electron chi connectivity index (χ4n) is 3.09. The molecule has 1 aliphatic rings. The number of nitrogens with zero attached hydrogens (tertiary/aromatic N) is 1. The Balaban J connectivity index is 1.38. The van der Waals surface area contributed by atoms with Crippen molar-refractivity contribution in [2.24, 2.45) is 0 Å². The number of anilines is 1. The van der Waals surface area contributed by atoms with Gasteiger partial charge in [-0.25, -0.2) is 9.18 Å². The van der Waals surface area contributed by atoms with Gasteiger partial charge < -0.3 is 15.0 Å². The number of carbonyl (C=O) groups is 3. The number of hydrogen-bond acceptors (Lipinski definition) is 4. The summed E-state index contributed by atoms with van der Waals surface area (Å²) in [7, 11) is 0. The van der Waals surface area contributed by atoms with Gasteiger partial charge in [0.15, 0.2) is 0 Å². The maximum absolute atomic E-state index is 13.0. The molecule has 1 aliphatic heterocycles. The smallest absolute Gasteiger partial charge is 0.324 e. The summed E-state index contributed by atoms with van der Waals surface area (Å²) in [5, 5.41) is 5.02. The molecule has 4 rings (SSSR count). The number of benzene rings is 3. The molecule has 8 heteroatoms. The van der Waals surface area contributed by atoms with Crippen molar-refractivity contribution in [1.29, 1.82) is 0 Å². The number of nitrogens with one attached hydrogen (secondary N) is 2. The summed E-state index contributed by atoms with van der Waals surface area (Å²) < 4.78 is 18.6. The number of imide groups is 1. The monoisotopic (exact) mass is 419 g/mol. The van der Waals surface area contributed by atoms with Crippen LogP contribution in [0, 0.1) is 5.82 Å². The predicted octanol–water partition coefficient (Wildman–Crippen LogP) is 3.92. The lowest BCUT2D eigenvalue weighted by atomic mass is 10.1. The lowest BCUT2D eigenvalue weighted by Crippen LogP contribution is -2.27. The molecular formula is C23H18FN3O4. The number of hydrogen-bond donors (Lipinski definition) is 2. The lowest BCUT2D eigenvalue weighted by molar-refractivity contribution is -0.118. The van der Waals surface area contributed by atoms with E-state index in [9.17, 15) is 18.8 Å². The molecule has 0 saturated carbocycles. The van der Waals surface area contributed by atoms with Crippen LogP contribution in [0.15, 0.2) is 72.8 Å². The Morgan fingerprint density at radius 2 is 1.68 bits per heavy atom. The molecule has 4 amide bonds. The molecule has 1 saturated heterocycles. The third-order valence-electron chi connectivity index (χ3n) is 4.59. The van der Waals surface area contributed by atoms with Gasteiger partial charge in [-0.15, -0.1) is 0 Å². The van der Waals surface area contributed by atoms with E-state index in [4.69, 9.17) is 4.74 Å². The van der Waals surface area contributed by atoms with Gasteiger partial charge in [0, 0.05) is 17.8 Å². The first-order valence-electron chi connectivity index (χ1n) is 9.49. The van der Waals surface area contributed by atoms with Gasteiger partial charge >= 0.3 is 6.03 Å². The number of halogens is 1. The van der Waals surface area contributed by atoms with Crippen LogP contribution in [-0.4, -0.2) is 29.3 Å². The maximum Gasteiger partial charge on any atom is 0.324 e. The van der Waals surface area contributed by atoms with Crippen LogP contribution >= 0.6 is 0 Å². The molecule has 1 fully saturated rings. The molecule has 0 bridgehead atoms. The van der Waals surface area contributed by atoms with E-state index in [1.54, 1.807) is 48.5 Å². The average Bonchev–Trinajstić information content (AvgIpc) is 3.08. The molecule has 3 aromatic rings. The molecule has 3 aromatic carbocycles. The second-order valence-corrected chi connectivity index (χ2v) is 6.94. The highest BCUT2D eigenvalue weighted by Crippen LogP contribution is 2.23. The zero-order chi connectivity index (χ0) is 21.8. The predicted molar refractivity (Wildman–Crippen MR) is 111 cm³/mol. The number of carbonyl (C=O) groups excluding carboxylic acids is 3. The summed E-state index contributed by atoms with van der Waals surface area (Å²) in [5.41, 5.74) is 1.74. The molecule has 0 aromatic heterocycles. The molecule has 0 radical (unpaired) electrons. The van der Waals surface area contributed by atoms with Gasteiger partial charge in [-0.1, -0.05) is 12.1 Å². The van der Waals surface area contributed by atoms with Gasteiger partial charge in [-0.05, 0) is 66.2 Å². The third kappa shape index (κ3) is 5.05. The minimum atomic E-state index is -0.442. The maximum atomic E-state index is 13.0. The second-order valence-electron chi connectivity index (χ2n) is 6.94. The molecule has 0 spiro atoms. The Morgan fingerprint density at radius 1 is 1.00 bits per heavy atom. The van der Waals surface area contributed by atoms with E-state index in [0.29, 0.717) is 22.7 Å². The van der Waals surface area contributed by atoms with E-state index in [-0.39, 0.29) is 30.7 Å². The van der Waals surface area contributed by atoms with Crippen molar-refractivity contribution in [2.45, 2.75) is 6.54 Å². The van der Waals surface area contributed by atoms with Gasteiger partial charge in [0.05, 0.1) is 0 Å². The van der Waals surface area contributed by atoms with E-state index in [0.717, 1.165) is 5.56 Å². The normalized spacial score (nSPS) is 13.1. The highest BCUT2D eigenvalue weighted by atomic mass is 19.1. The summed E-state index contributed by atoms with van der Waals surface area (Å²) in [4.78, 5) is 37.0. The van der Waals surface area contributed by atoms with Gasteiger partial charge in [-0.2, -0.15) is 0 Å². The quantitative estimate of drug-likeness (QED) is 0.593. The summed E-state index contributed by atoms with van der Waals surface area (Å²) in [6.07, 6.45) is 0.